The summed E-state index contributed by atoms with van der Waals surface area (Å²) in [6, 6.07) is 3.63. The highest BCUT2D eigenvalue weighted by atomic mass is 19.1. The van der Waals surface area contributed by atoms with Crippen LogP contribution in [0, 0.1) is 11.6 Å². The maximum absolute atomic E-state index is 13.4. The number of halogens is 2. The van der Waals surface area contributed by atoms with Gasteiger partial charge in [0, 0.05) is 25.0 Å². The van der Waals surface area contributed by atoms with Gasteiger partial charge in [-0.2, -0.15) is 0 Å². The number of carbonyl (C=O) groups is 1. The second kappa shape index (κ2) is 7.31. The van der Waals surface area contributed by atoms with Crippen molar-refractivity contribution in [1.29, 1.82) is 0 Å². The van der Waals surface area contributed by atoms with E-state index >= 15 is 0 Å². The van der Waals surface area contributed by atoms with Crippen molar-refractivity contribution in [2.45, 2.75) is 38.4 Å². The Morgan fingerprint density at radius 1 is 1.35 bits per heavy atom. The summed E-state index contributed by atoms with van der Waals surface area (Å²) in [5, 5.41) is 0. The van der Waals surface area contributed by atoms with E-state index in [1.807, 2.05) is 0 Å². The van der Waals surface area contributed by atoms with Gasteiger partial charge >= 0.3 is 0 Å². The van der Waals surface area contributed by atoms with Crippen molar-refractivity contribution < 1.29 is 23.1 Å². The van der Waals surface area contributed by atoms with Crippen molar-refractivity contribution >= 4 is 5.91 Å². The molecule has 0 bridgehead atoms. The van der Waals surface area contributed by atoms with Gasteiger partial charge in [-0.3, -0.25) is 4.79 Å². The van der Waals surface area contributed by atoms with Gasteiger partial charge in [-0.15, -0.1) is 0 Å². The molecule has 1 N–H and O–H groups in total. The first-order valence-corrected chi connectivity index (χ1v) is 6.66. The average Bonchev–Trinajstić information content (AvgIpc) is 2.46. The number of hydrogen-bond acceptors (Lipinski definition) is 3. The molecule has 110 valence electrons. The summed E-state index contributed by atoms with van der Waals surface area (Å²) in [5.74, 6) is -1.72. The second-order valence-electron chi connectivity index (χ2n) is 4.64. The lowest BCUT2D eigenvalue weighted by Crippen LogP contribution is -2.33. The molecular weight excluding hydrogens is 268 g/mol. The number of nitrogens with one attached hydrogen (secondary N) is 1. The normalized spacial score (nSPS) is 18.8. The van der Waals surface area contributed by atoms with Crippen LogP contribution in [0.3, 0.4) is 0 Å². The standard InChI is InChI=1S/C14H17F2NO3/c15-11-4-3-5-12(16)10(11)7-8-13(18)17-20-14-6-1-2-9-19-14/h3-5,14H,1-2,6-9H2,(H,17,18). The van der Waals surface area contributed by atoms with Gasteiger partial charge in [-0.05, 0) is 31.4 Å². The molecule has 0 aromatic heterocycles. The monoisotopic (exact) mass is 285 g/mol. The number of rotatable bonds is 5. The SMILES string of the molecule is O=C(CCc1c(F)cccc1F)NOC1CCCCO1. The minimum atomic E-state index is -0.644. The fraction of sp³-hybridized carbons (Fsp3) is 0.500. The molecule has 1 amide bonds. The maximum atomic E-state index is 13.4. The van der Waals surface area contributed by atoms with Gasteiger partial charge in [0.05, 0.1) is 0 Å². The third-order valence-corrected chi connectivity index (χ3v) is 3.11. The number of hydroxylamine groups is 1. The van der Waals surface area contributed by atoms with Crippen LogP contribution in [-0.2, 0) is 20.8 Å². The van der Waals surface area contributed by atoms with Crippen molar-refractivity contribution in [3.63, 3.8) is 0 Å². The Labute approximate surface area is 116 Å². The molecule has 2 rings (SSSR count). The molecule has 0 saturated carbocycles. The predicted octanol–water partition coefficient (Wildman–Crippen LogP) is 2.47. The second-order valence-corrected chi connectivity index (χ2v) is 4.64. The summed E-state index contributed by atoms with van der Waals surface area (Å²) < 4.78 is 32.0. The van der Waals surface area contributed by atoms with Gasteiger partial charge in [-0.25, -0.2) is 19.1 Å². The van der Waals surface area contributed by atoms with Crippen LogP contribution in [0.15, 0.2) is 18.2 Å². The largest absolute Gasteiger partial charge is 0.350 e. The lowest BCUT2D eigenvalue weighted by molar-refractivity contribution is -0.200. The zero-order valence-corrected chi connectivity index (χ0v) is 11.0. The molecule has 6 heteroatoms. The van der Waals surface area contributed by atoms with Crippen LogP contribution in [0.2, 0.25) is 0 Å². The molecule has 0 radical (unpaired) electrons. The fourth-order valence-electron chi connectivity index (χ4n) is 2.00. The van der Waals surface area contributed by atoms with Crippen molar-refractivity contribution in [2.24, 2.45) is 0 Å². The third-order valence-electron chi connectivity index (χ3n) is 3.11. The molecule has 1 aliphatic heterocycles. The predicted molar refractivity (Wildman–Crippen MR) is 67.5 cm³/mol. The highest BCUT2D eigenvalue weighted by Crippen LogP contribution is 2.15. The highest BCUT2D eigenvalue weighted by Gasteiger charge is 2.16. The summed E-state index contributed by atoms with van der Waals surface area (Å²) in [5.41, 5.74) is 2.17. The number of amides is 1. The van der Waals surface area contributed by atoms with Crippen molar-refractivity contribution in [1.82, 2.24) is 5.48 Å². The molecule has 1 heterocycles. The molecule has 0 aliphatic carbocycles. The highest BCUT2D eigenvalue weighted by molar-refractivity contribution is 5.75. The van der Waals surface area contributed by atoms with Gasteiger partial charge in [0.2, 0.25) is 5.91 Å². The Morgan fingerprint density at radius 2 is 2.10 bits per heavy atom. The van der Waals surface area contributed by atoms with Gasteiger partial charge in [0.25, 0.3) is 0 Å². The molecule has 1 fully saturated rings. The maximum Gasteiger partial charge on any atom is 0.243 e. The third kappa shape index (κ3) is 4.25. The van der Waals surface area contributed by atoms with Gasteiger partial charge in [0.15, 0.2) is 6.29 Å². The van der Waals surface area contributed by atoms with Crippen LogP contribution in [-0.4, -0.2) is 18.8 Å². The van der Waals surface area contributed by atoms with E-state index in [-0.39, 0.29) is 18.4 Å². The van der Waals surface area contributed by atoms with Gasteiger partial charge in [-0.1, -0.05) is 6.07 Å². The molecule has 20 heavy (non-hydrogen) atoms. The Bertz CT molecular complexity index is 441. The first-order chi connectivity index (χ1) is 9.66. The van der Waals surface area contributed by atoms with E-state index in [9.17, 15) is 13.6 Å². The molecular formula is C14H17F2NO3. The molecule has 1 unspecified atom stereocenters. The van der Waals surface area contributed by atoms with Gasteiger partial charge in [0.1, 0.15) is 11.6 Å². The molecule has 4 nitrogen and oxygen atoms in total. The van der Waals surface area contributed by atoms with Crippen molar-refractivity contribution in [3.8, 4) is 0 Å². The number of carbonyl (C=O) groups excluding carboxylic acids is 1. The minimum absolute atomic E-state index is 0.0147. The van der Waals surface area contributed by atoms with Crippen LogP contribution >= 0.6 is 0 Å². The minimum Gasteiger partial charge on any atom is -0.350 e. The van der Waals surface area contributed by atoms with E-state index in [1.54, 1.807) is 0 Å². The van der Waals surface area contributed by atoms with E-state index in [1.165, 1.54) is 18.2 Å². The van der Waals surface area contributed by atoms with E-state index in [0.717, 1.165) is 19.3 Å². The molecule has 1 saturated heterocycles. The van der Waals surface area contributed by atoms with Crippen LogP contribution in [0.25, 0.3) is 0 Å². The summed E-state index contributed by atoms with van der Waals surface area (Å²) in [6.07, 6.45) is 2.20. The quantitative estimate of drug-likeness (QED) is 0.845. The van der Waals surface area contributed by atoms with Crippen molar-refractivity contribution in [3.05, 3.63) is 35.4 Å². The zero-order chi connectivity index (χ0) is 14.4. The van der Waals surface area contributed by atoms with E-state index in [2.05, 4.69) is 5.48 Å². The summed E-state index contributed by atoms with van der Waals surface area (Å²) in [7, 11) is 0. The zero-order valence-electron chi connectivity index (χ0n) is 11.0. The Morgan fingerprint density at radius 3 is 2.75 bits per heavy atom. The van der Waals surface area contributed by atoms with E-state index in [0.29, 0.717) is 6.61 Å². The molecule has 1 atom stereocenters. The average molecular weight is 285 g/mol. The molecule has 1 aromatic rings. The van der Waals surface area contributed by atoms with Crippen LogP contribution in [0.1, 0.15) is 31.2 Å². The lowest BCUT2D eigenvalue weighted by atomic mass is 10.1. The topological polar surface area (TPSA) is 47.6 Å². The fourth-order valence-corrected chi connectivity index (χ4v) is 2.00. The van der Waals surface area contributed by atoms with Crippen molar-refractivity contribution in [2.75, 3.05) is 6.61 Å². The van der Waals surface area contributed by atoms with Crippen LogP contribution in [0.4, 0.5) is 8.78 Å². The Hall–Kier alpha value is -1.53. The van der Waals surface area contributed by atoms with E-state index < -0.39 is 23.8 Å². The number of hydrogen-bond donors (Lipinski definition) is 1. The molecule has 0 spiro atoms. The Kier molecular flexibility index (Phi) is 5.43. The van der Waals surface area contributed by atoms with Crippen LogP contribution in [0.5, 0.6) is 0 Å². The first kappa shape index (κ1) is 14.9. The summed E-state index contributed by atoms with van der Waals surface area (Å²) in [6.45, 7) is 0.612. The number of benzene rings is 1. The smallest absolute Gasteiger partial charge is 0.243 e. The van der Waals surface area contributed by atoms with Crippen LogP contribution < -0.4 is 5.48 Å². The molecule has 1 aromatic carbocycles. The van der Waals surface area contributed by atoms with E-state index in [4.69, 9.17) is 9.57 Å². The Balaban J connectivity index is 1.74. The molecule has 1 aliphatic rings. The summed E-state index contributed by atoms with van der Waals surface area (Å²) >= 11 is 0. The van der Waals surface area contributed by atoms with Gasteiger partial charge < -0.3 is 4.74 Å². The number of ether oxygens (including phenoxy) is 1. The lowest BCUT2D eigenvalue weighted by Gasteiger charge is -2.22. The summed E-state index contributed by atoms with van der Waals surface area (Å²) in [4.78, 5) is 16.6. The first-order valence-electron chi connectivity index (χ1n) is 6.66.